The van der Waals surface area contributed by atoms with Gasteiger partial charge in [0.05, 0.1) is 11.6 Å². The van der Waals surface area contributed by atoms with Crippen molar-refractivity contribution < 1.29 is 4.39 Å². The Hall–Kier alpha value is -1.56. The summed E-state index contributed by atoms with van der Waals surface area (Å²) in [5, 5.41) is 9.77. The SMILES string of the molecule is N#Cc1ccc(F)cc1-c1c(Cl)cccc1Cl. The minimum Gasteiger partial charge on any atom is -0.207 e. The Kier molecular flexibility index (Phi) is 3.33. The van der Waals surface area contributed by atoms with Crippen LogP contribution in [-0.2, 0) is 0 Å². The van der Waals surface area contributed by atoms with E-state index in [1.165, 1.54) is 18.2 Å². The number of hydrogen-bond donors (Lipinski definition) is 0. The lowest BCUT2D eigenvalue weighted by atomic mass is 10.00. The average Bonchev–Trinajstić information content (AvgIpc) is 2.29. The van der Waals surface area contributed by atoms with Gasteiger partial charge in [-0.3, -0.25) is 0 Å². The fraction of sp³-hybridized carbons (Fsp3) is 0. The van der Waals surface area contributed by atoms with E-state index in [9.17, 15) is 4.39 Å². The summed E-state index contributed by atoms with van der Waals surface area (Å²) in [4.78, 5) is 0. The van der Waals surface area contributed by atoms with E-state index in [4.69, 9.17) is 28.5 Å². The highest BCUT2D eigenvalue weighted by atomic mass is 35.5. The lowest BCUT2D eigenvalue weighted by molar-refractivity contribution is 0.628. The first-order valence-corrected chi connectivity index (χ1v) is 5.53. The molecule has 0 fully saturated rings. The van der Waals surface area contributed by atoms with E-state index in [0.717, 1.165) is 0 Å². The van der Waals surface area contributed by atoms with Crippen molar-refractivity contribution in [2.45, 2.75) is 0 Å². The standard InChI is InChI=1S/C13H6Cl2FN/c14-11-2-1-3-12(15)13(11)10-6-9(16)5-4-8(10)7-17/h1-6H. The van der Waals surface area contributed by atoms with E-state index in [1.54, 1.807) is 18.2 Å². The van der Waals surface area contributed by atoms with Crippen LogP contribution in [0.4, 0.5) is 4.39 Å². The molecule has 4 heteroatoms. The summed E-state index contributed by atoms with van der Waals surface area (Å²) in [6.45, 7) is 0. The predicted molar refractivity (Wildman–Crippen MR) is 66.6 cm³/mol. The van der Waals surface area contributed by atoms with Crippen molar-refractivity contribution in [2.24, 2.45) is 0 Å². The Morgan fingerprint density at radius 1 is 1.06 bits per heavy atom. The van der Waals surface area contributed by atoms with Gasteiger partial charge in [-0.25, -0.2) is 4.39 Å². The van der Waals surface area contributed by atoms with Crippen LogP contribution >= 0.6 is 23.2 Å². The fourth-order valence-corrected chi connectivity index (χ4v) is 2.18. The molecule has 0 aromatic heterocycles. The van der Waals surface area contributed by atoms with E-state index < -0.39 is 5.82 Å². The second-order valence-corrected chi connectivity index (χ2v) is 4.21. The Morgan fingerprint density at radius 3 is 2.29 bits per heavy atom. The van der Waals surface area contributed by atoms with E-state index in [1.807, 2.05) is 6.07 Å². The summed E-state index contributed by atoms with van der Waals surface area (Å²) in [5.74, 6) is -0.435. The second kappa shape index (κ2) is 4.75. The fourth-order valence-electron chi connectivity index (χ4n) is 1.58. The van der Waals surface area contributed by atoms with E-state index in [0.29, 0.717) is 26.7 Å². The summed E-state index contributed by atoms with van der Waals surface area (Å²) >= 11 is 12.1. The molecule has 0 aliphatic heterocycles. The van der Waals surface area contributed by atoms with Crippen molar-refractivity contribution in [2.75, 3.05) is 0 Å². The maximum absolute atomic E-state index is 13.2. The molecule has 0 saturated carbocycles. The molecule has 2 aromatic carbocycles. The molecule has 1 nitrogen and oxygen atoms in total. The molecule has 0 N–H and O–H groups in total. The molecule has 0 radical (unpaired) electrons. The number of benzene rings is 2. The van der Waals surface area contributed by atoms with E-state index >= 15 is 0 Å². The largest absolute Gasteiger partial charge is 0.207 e. The van der Waals surface area contributed by atoms with Crippen LogP contribution in [0.15, 0.2) is 36.4 Å². The topological polar surface area (TPSA) is 23.8 Å². The van der Waals surface area contributed by atoms with Crippen LogP contribution in [0.1, 0.15) is 5.56 Å². The molecule has 0 atom stereocenters. The Labute approximate surface area is 108 Å². The Morgan fingerprint density at radius 2 is 1.71 bits per heavy atom. The Balaban J connectivity index is 2.77. The van der Waals surface area contributed by atoms with Crippen molar-refractivity contribution in [3.05, 3.63) is 57.8 Å². The lowest BCUT2D eigenvalue weighted by Gasteiger charge is -2.08. The van der Waals surface area contributed by atoms with Crippen LogP contribution in [-0.4, -0.2) is 0 Å². The van der Waals surface area contributed by atoms with Crippen molar-refractivity contribution in [1.29, 1.82) is 5.26 Å². The normalized spacial score (nSPS) is 10.0. The molecule has 17 heavy (non-hydrogen) atoms. The quantitative estimate of drug-likeness (QED) is 0.735. The first kappa shape index (κ1) is 11.9. The van der Waals surface area contributed by atoms with Gasteiger partial charge < -0.3 is 0 Å². The maximum Gasteiger partial charge on any atom is 0.123 e. The highest BCUT2D eigenvalue weighted by Crippen LogP contribution is 2.36. The molecule has 0 aliphatic rings. The van der Waals surface area contributed by atoms with Gasteiger partial charge in [0.15, 0.2) is 0 Å². The predicted octanol–water partition coefficient (Wildman–Crippen LogP) is 4.67. The van der Waals surface area contributed by atoms with Crippen LogP contribution in [0.25, 0.3) is 11.1 Å². The van der Waals surface area contributed by atoms with Gasteiger partial charge in [0.1, 0.15) is 5.82 Å². The highest BCUT2D eigenvalue weighted by Gasteiger charge is 2.13. The van der Waals surface area contributed by atoms with Crippen LogP contribution in [0.3, 0.4) is 0 Å². The monoisotopic (exact) mass is 265 g/mol. The zero-order valence-electron chi connectivity index (χ0n) is 8.55. The molecule has 2 aromatic rings. The van der Waals surface area contributed by atoms with Crippen LogP contribution < -0.4 is 0 Å². The molecule has 0 spiro atoms. The van der Waals surface area contributed by atoms with E-state index in [2.05, 4.69) is 0 Å². The van der Waals surface area contributed by atoms with Crippen molar-refractivity contribution >= 4 is 23.2 Å². The molecule has 0 amide bonds. The van der Waals surface area contributed by atoms with Crippen molar-refractivity contribution in [3.8, 4) is 17.2 Å². The van der Waals surface area contributed by atoms with Gasteiger partial charge in [-0.15, -0.1) is 0 Å². The third kappa shape index (κ3) is 2.26. The maximum atomic E-state index is 13.2. The summed E-state index contributed by atoms with van der Waals surface area (Å²) in [6, 6.07) is 10.9. The van der Waals surface area contributed by atoms with Gasteiger partial charge >= 0.3 is 0 Å². The van der Waals surface area contributed by atoms with Gasteiger partial charge in [-0.2, -0.15) is 5.26 Å². The number of hydrogen-bond acceptors (Lipinski definition) is 1. The van der Waals surface area contributed by atoms with Gasteiger partial charge in [-0.1, -0.05) is 29.3 Å². The van der Waals surface area contributed by atoms with Gasteiger partial charge in [0, 0.05) is 21.2 Å². The molecular weight excluding hydrogens is 260 g/mol. The lowest BCUT2D eigenvalue weighted by Crippen LogP contribution is -1.88. The van der Waals surface area contributed by atoms with Gasteiger partial charge in [-0.05, 0) is 30.3 Å². The molecular formula is C13H6Cl2FN. The zero-order valence-corrected chi connectivity index (χ0v) is 10.1. The summed E-state index contributed by atoms with van der Waals surface area (Å²) in [5.41, 5.74) is 1.22. The molecule has 0 bridgehead atoms. The molecule has 2 rings (SSSR count). The van der Waals surface area contributed by atoms with Crippen LogP contribution in [0, 0.1) is 17.1 Å². The van der Waals surface area contributed by atoms with Gasteiger partial charge in [0.2, 0.25) is 0 Å². The second-order valence-electron chi connectivity index (χ2n) is 3.40. The molecule has 0 heterocycles. The minimum atomic E-state index is -0.435. The van der Waals surface area contributed by atoms with Crippen LogP contribution in [0.5, 0.6) is 0 Å². The summed E-state index contributed by atoms with van der Waals surface area (Å²) in [7, 11) is 0. The van der Waals surface area contributed by atoms with Crippen LogP contribution in [0.2, 0.25) is 10.0 Å². The van der Waals surface area contributed by atoms with Crippen molar-refractivity contribution in [3.63, 3.8) is 0 Å². The smallest absolute Gasteiger partial charge is 0.123 e. The summed E-state index contributed by atoms with van der Waals surface area (Å²) < 4.78 is 13.2. The molecule has 0 unspecified atom stereocenters. The van der Waals surface area contributed by atoms with E-state index in [-0.39, 0.29) is 0 Å². The van der Waals surface area contributed by atoms with Gasteiger partial charge in [0.25, 0.3) is 0 Å². The zero-order chi connectivity index (χ0) is 12.4. The highest BCUT2D eigenvalue weighted by molar-refractivity contribution is 6.39. The number of nitriles is 1. The Bertz CT molecular complexity index is 597. The first-order valence-electron chi connectivity index (χ1n) is 4.77. The molecule has 0 aliphatic carbocycles. The summed E-state index contributed by atoms with van der Waals surface area (Å²) in [6.07, 6.45) is 0. The molecule has 0 saturated heterocycles. The third-order valence-corrected chi connectivity index (χ3v) is 2.96. The number of halogens is 3. The van der Waals surface area contributed by atoms with Crippen molar-refractivity contribution in [1.82, 2.24) is 0 Å². The third-order valence-electron chi connectivity index (χ3n) is 2.33. The number of nitrogens with zero attached hydrogens (tertiary/aromatic N) is 1. The number of rotatable bonds is 1. The average molecular weight is 266 g/mol. The minimum absolute atomic E-state index is 0.335. The molecule has 84 valence electrons. The first-order chi connectivity index (χ1) is 8.13.